The molecule has 1 aromatic rings. The van der Waals surface area contributed by atoms with E-state index < -0.39 is 10.8 Å². The average molecular weight is 269 g/mol. The summed E-state index contributed by atoms with van der Waals surface area (Å²) in [6.07, 6.45) is 0.856. The molecule has 0 fully saturated rings. The van der Waals surface area contributed by atoms with Gasteiger partial charge in [-0.3, -0.25) is 4.21 Å². The molecule has 1 aromatic heterocycles. The van der Waals surface area contributed by atoms with Crippen LogP contribution in [-0.2, 0) is 10.8 Å². The van der Waals surface area contributed by atoms with Crippen molar-refractivity contribution in [2.45, 2.75) is 58.0 Å². The van der Waals surface area contributed by atoms with E-state index in [1.165, 1.54) is 0 Å². The summed E-state index contributed by atoms with van der Waals surface area (Å²) in [5.74, 6) is 1.02. The number of hydrogen-bond acceptors (Lipinski definition) is 4. The molecular weight excluding hydrogens is 246 g/mol. The molecule has 0 saturated heterocycles. The van der Waals surface area contributed by atoms with Gasteiger partial charge in [-0.1, -0.05) is 34.6 Å². The van der Waals surface area contributed by atoms with E-state index in [4.69, 9.17) is 5.73 Å². The van der Waals surface area contributed by atoms with Gasteiger partial charge in [-0.25, -0.2) is 9.97 Å². The minimum atomic E-state index is -1.12. The molecule has 1 heterocycles. The maximum absolute atomic E-state index is 12.1. The van der Waals surface area contributed by atoms with Gasteiger partial charge in [0.1, 0.15) is 0 Å². The Hall–Kier alpha value is -0.970. The summed E-state index contributed by atoms with van der Waals surface area (Å²) in [5, 5.41) is 0.429. The molecule has 0 bridgehead atoms. The van der Waals surface area contributed by atoms with E-state index in [1.54, 1.807) is 0 Å². The predicted octanol–water partition coefficient (Wildman–Crippen LogP) is 2.82. The van der Waals surface area contributed by atoms with Crippen LogP contribution in [0.15, 0.2) is 5.16 Å². The van der Waals surface area contributed by atoms with Gasteiger partial charge >= 0.3 is 0 Å². The van der Waals surface area contributed by atoms with Crippen molar-refractivity contribution < 1.29 is 4.21 Å². The summed E-state index contributed by atoms with van der Waals surface area (Å²) >= 11 is 0. The SMILES string of the molecule is CCCS(=O)c1nc(C(C)C)c(N)c(C(C)C)n1. The fourth-order valence-electron chi connectivity index (χ4n) is 1.74. The third kappa shape index (κ3) is 3.28. The quantitative estimate of drug-likeness (QED) is 0.835. The highest BCUT2D eigenvalue weighted by atomic mass is 32.2. The van der Waals surface area contributed by atoms with Crippen LogP contribution in [0.25, 0.3) is 0 Å². The van der Waals surface area contributed by atoms with E-state index in [9.17, 15) is 4.21 Å². The highest BCUT2D eigenvalue weighted by Crippen LogP contribution is 2.27. The highest BCUT2D eigenvalue weighted by molar-refractivity contribution is 7.84. The maximum Gasteiger partial charge on any atom is 0.219 e. The average Bonchev–Trinajstić information content (AvgIpc) is 2.28. The maximum atomic E-state index is 12.1. The Balaban J connectivity index is 3.33. The van der Waals surface area contributed by atoms with E-state index in [-0.39, 0.29) is 11.8 Å². The molecule has 5 heteroatoms. The van der Waals surface area contributed by atoms with E-state index in [1.807, 2.05) is 34.6 Å². The van der Waals surface area contributed by atoms with Gasteiger partial charge in [-0.2, -0.15) is 0 Å². The second-order valence-electron chi connectivity index (χ2n) is 5.05. The third-order valence-electron chi connectivity index (χ3n) is 2.67. The molecular formula is C13H23N3OS. The molecule has 1 rings (SSSR count). The molecule has 0 radical (unpaired) electrons. The number of rotatable bonds is 5. The second kappa shape index (κ2) is 6.27. The first-order valence-electron chi connectivity index (χ1n) is 6.44. The fourth-order valence-corrected chi connectivity index (χ4v) is 2.70. The van der Waals surface area contributed by atoms with E-state index in [0.717, 1.165) is 17.8 Å². The fraction of sp³-hybridized carbons (Fsp3) is 0.692. The molecule has 0 aliphatic carbocycles. The summed E-state index contributed by atoms with van der Waals surface area (Å²) in [4.78, 5) is 8.79. The Kier molecular flexibility index (Phi) is 5.26. The lowest BCUT2D eigenvalue weighted by molar-refractivity contribution is 0.664. The zero-order chi connectivity index (χ0) is 13.9. The first-order valence-corrected chi connectivity index (χ1v) is 7.76. The highest BCUT2D eigenvalue weighted by Gasteiger charge is 2.18. The molecule has 0 saturated carbocycles. The van der Waals surface area contributed by atoms with Crippen LogP contribution in [0.4, 0.5) is 5.69 Å². The standard InChI is InChI=1S/C13H23N3OS/c1-6-7-18(17)13-15-11(8(2)3)10(14)12(16-13)9(4)5/h8-9H,6-7,14H2,1-5H3. The number of nitrogens with zero attached hydrogens (tertiary/aromatic N) is 2. The Bertz CT molecular complexity index is 415. The van der Waals surface area contributed by atoms with Crippen molar-refractivity contribution >= 4 is 16.5 Å². The van der Waals surface area contributed by atoms with Crippen molar-refractivity contribution in [2.75, 3.05) is 11.5 Å². The van der Waals surface area contributed by atoms with Crippen LogP contribution >= 0.6 is 0 Å². The summed E-state index contributed by atoms with van der Waals surface area (Å²) in [6.45, 7) is 10.2. The van der Waals surface area contributed by atoms with Crippen molar-refractivity contribution in [3.8, 4) is 0 Å². The summed E-state index contributed by atoms with van der Waals surface area (Å²) in [5.41, 5.74) is 8.38. The van der Waals surface area contributed by atoms with Crippen LogP contribution in [0.2, 0.25) is 0 Å². The number of aromatic nitrogens is 2. The van der Waals surface area contributed by atoms with Gasteiger partial charge in [0.25, 0.3) is 0 Å². The zero-order valence-corrected chi connectivity index (χ0v) is 12.7. The third-order valence-corrected chi connectivity index (χ3v) is 4.04. The molecule has 1 unspecified atom stereocenters. The number of nitrogen functional groups attached to an aromatic ring is 1. The van der Waals surface area contributed by atoms with Crippen LogP contribution in [-0.4, -0.2) is 19.9 Å². The topological polar surface area (TPSA) is 68.9 Å². The Labute approximate surface area is 112 Å². The smallest absolute Gasteiger partial charge is 0.219 e. The molecule has 0 aliphatic rings. The van der Waals surface area contributed by atoms with Crippen molar-refractivity contribution in [3.63, 3.8) is 0 Å². The minimum absolute atomic E-state index is 0.211. The first-order chi connectivity index (χ1) is 8.38. The zero-order valence-electron chi connectivity index (χ0n) is 11.9. The molecule has 2 N–H and O–H groups in total. The van der Waals surface area contributed by atoms with Crippen LogP contribution in [0.1, 0.15) is 64.3 Å². The lowest BCUT2D eigenvalue weighted by Gasteiger charge is -2.16. The van der Waals surface area contributed by atoms with Gasteiger partial charge in [0.2, 0.25) is 5.16 Å². The van der Waals surface area contributed by atoms with Gasteiger partial charge in [-0.05, 0) is 18.3 Å². The normalized spacial score (nSPS) is 13.3. The molecule has 4 nitrogen and oxygen atoms in total. The monoisotopic (exact) mass is 269 g/mol. The lowest BCUT2D eigenvalue weighted by atomic mass is 10.0. The van der Waals surface area contributed by atoms with Crippen LogP contribution < -0.4 is 5.73 Å². The molecule has 0 aromatic carbocycles. The predicted molar refractivity (Wildman–Crippen MR) is 76.2 cm³/mol. The summed E-state index contributed by atoms with van der Waals surface area (Å²) in [7, 11) is -1.12. The minimum Gasteiger partial charge on any atom is -0.396 e. The largest absolute Gasteiger partial charge is 0.396 e. The molecule has 1 atom stereocenters. The van der Waals surface area contributed by atoms with Gasteiger partial charge < -0.3 is 5.73 Å². The number of nitrogens with two attached hydrogens (primary N) is 1. The van der Waals surface area contributed by atoms with Gasteiger partial charge in [0.05, 0.1) is 27.9 Å². The molecule has 18 heavy (non-hydrogen) atoms. The van der Waals surface area contributed by atoms with E-state index in [0.29, 0.717) is 16.6 Å². The Morgan fingerprint density at radius 2 is 1.56 bits per heavy atom. The van der Waals surface area contributed by atoms with Gasteiger partial charge in [-0.15, -0.1) is 0 Å². The van der Waals surface area contributed by atoms with Crippen molar-refractivity contribution in [3.05, 3.63) is 11.4 Å². The van der Waals surface area contributed by atoms with E-state index >= 15 is 0 Å². The van der Waals surface area contributed by atoms with Crippen molar-refractivity contribution in [1.29, 1.82) is 0 Å². The van der Waals surface area contributed by atoms with Gasteiger partial charge in [0.15, 0.2) is 0 Å². The Morgan fingerprint density at radius 1 is 1.11 bits per heavy atom. The number of hydrogen-bond donors (Lipinski definition) is 1. The molecule has 0 aliphatic heterocycles. The Morgan fingerprint density at radius 3 is 1.89 bits per heavy atom. The van der Waals surface area contributed by atoms with Gasteiger partial charge in [0, 0.05) is 5.75 Å². The molecule has 102 valence electrons. The van der Waals surface area contributed by atoms with Crippen LogP contribution in [0, 0.1) is 0 Å². The summed E-state index contributed by atoms with van der Waals surface area (Å²) < 4.78 is 12.1. The van der Waals surface area contributed by atoms with Crippen molar-refractivity contribution in [2.24, 2.45) is 0 Å². The lowest BCUT2D eigenvalue weighted by Crippen LogP contribution is -2.13. The first kappa shape index (κ1) is 15.1. The summed E-state index contributed by atoms with van der Waals surface area (Å²) in [6, 6.07) is 0. The number of anilines is 1. The van der Waals surface area contributed by atoms with Crippen molar-refractivity contribution in [1.82, 2.24) is 9.97 Å². The van der Waals surface area contributed by atoms with Crippen LogP contribution in [0.3, 0.4) is 0 Å². The van der Waals surface area contributed by atoms with Crippen LogP contribution in [0.5, 0.6) is 0 Å². The second-order valence-corrected chi connectivity index (χ2v) is 6.51. The molecule has 0 spiro atoms. The molecule has 0 amide bonds. The van der Waals surface area contributed by atoms with E-state index in [2.05, 4.69) is 9.97 Å².